The molecule has 0 spiro atoms. The first-order valence-corrected chi connectivity index (χ1v) is 7.98. The van der Waals surface area contributed by atoms with Gasteiger partial charge in [0.05, 0.1) is 13.2 Å². The molecule has 0 bridgehead atoms. The summed E-state index contributed by atoms with van der Waals surface area (Å²) in [7, 11) is 5.59. The molecule has 2 N–H and O–H groups in total. The number of ether oxygens (including phenoxy) is 1. The van der Waals surface area contributed by atoms with Crippen LogP contribution in [0.5, 0.6) is 5.75 Å². The Morgan fingerprint density at radius 3 is 2.50 bits per heavy atom. The van der Waals surface area contributed by atoms with Crippen molar-refractivity contribution in [2.24, 2.45) is 0 Å². The summed E-state index contributed by atoms with van der Waals surface area (Å²) in [6.45, 7) is 0.478. The van der Waals surface area contributed by atoms with Crippen LogP contribution in [-0.2, 0) is 0 Å². The first kappa shape index (κ1) is 18.1. The molecular formula is C18H22ClN3O2. The van der Waals surface area contributed by atoms with Crippen LogP contribution in [0.15, 0.2) is 48.5 Å². The van der Waals surface area contributed by atoms with E-state index in [1.807, 2.05) is 38.4 Å². The Morgan fingerprint density at radius 2 is 1.92 bits per heavy atom. The average molecular weight is 348 g/mol. The zero-order valence-corrected chi connectivity index (χ0v) is 14.8. The maximum Gasteiger partial charge on any atom is 0.319 e. The van der Waals surface area contributed by atoms with Crippen LogP contribution < -0.4 is 15.4 Å². The number of rotatable bonds is 6. The number of nitrogens with one attached hydrogen (secondary N) is 2. The molecular weight excluding hydrogens is 326 g/mol. The highest BCUT2D eigenvalue weighted by Gasteiger charge is 2.15. The van der Waals surface area contributed by atoms with Gasteiger partial charge in [0, 0.05) is 17.3 Å². The van der Waals surface area contributed by atoms with E-state index in [2.05, 4.69) is 15.5 Å². The minimum atomic E-state index is -0.266. The Kier molecular flexibility index (Phi) is 6.46. The molecule has 0 saturated heterocycles. The second kappa shape index (κ2) is 8.57. The van der Waals surface area contributed by atoms with Gasteiger partial charge in [-0.25, -0.2) is 4.79 Å². The maximum atomic E-state index is 12.1. The summed E-state index contributed by atoms with van der Waals surface area (Å²) in [5.74, 6) is 0.808. The summed E-state index contributed by atoms with van der Waals surface area (Å²) in [5.41, 5.74) is 1.76. The molecule has 1 atom stereocenters. The molecule has 0 unspecified atom stereocenters. The van der Waals surface area contributed by atoms with Crippen LogP contribution >= 0.6 is 11.6 Å². The van der Waals surface area contributed by atoms with Crippen molar-refractivity contribution in [3.8, 4) is 5.75 Å². The third kappa shape index (κ3) is 5.15. The predicted molar refractivity (Wildman–Crippen MR) is 97.9 cm³/mol. The number of hydrogen-bond acceptors (Lipinski definition) is 3. The van der Waals surface area contributed by atoms with Crippen molar-refractivity contribution in [1.29, 1.82) is 0 Å². The lowest BCUT2D eigenvalue weighted by molar-refractivity contribution is 0.243. The van der Waals surface area contributed by atoms with E-state index in [-0.39, 0.29) is 12.1 Å². The number of halogens is 1. The van der Waals surface area contributed by atoms with Gasteiger partial charge in [-0.05, 0) is 50.0 Å². The van der Waals surface area contributed by atoms with Gasteiger partial charge in [-0.3, -0.25) is 0 Å². The molecule has 0 heterocycles. The van der Waals surface area contributed by atoms with Gasteiger partial charge in [0.1, 0.15) is 5.75 Å². The summed E-state index contributed by atoms with van der Waals surface area (Å²) in [4.78, 5) is 14.1. The van der Waals surface area contributed by atoms with Gasteiger partial charge in [0.25, 0.3) is 0 Å². The smallest absolute Gasteiger partial charge is 0.319 e. The molecule has 128 valence electrons. The number of methoxy groups -OCH3 is 1. The molecule has 0 radical (unpaired) electrons. The molecule has 5 nitrogen and oxygen atoms in total. The molecule has 24 heavy (non-hydrogen) atoms. The van der Waals surface area contributed by atoms with E-state index in [9.17, 15) is 4.79 Å². The Morgan fingerprint density at radius 1 is 1.21 bits per heavy atom. The van der Waals surface area contributed by atoms with E-state index >= 15 is 0 Å². The third-order valence-electron chi connectivity index (χ3n) is 3.66. The summed E-state index contributed by atoms with van der Waals surface area (Å²) in [5, 5.41) is 6.25. The second-order valence-corrected chi connectivity index (χ2v) is 6.03. The molecule has 2 rings (SSSR count). The fraction of sp³-hybridized carbons (Fsp3) is 0.278. The van der Waals surface area contributed by atoms with Gasteiger partial charge in [0.15, 0.2) is 0 Å². The van der Waals surface area contributed by atoms with E-state index < -0.39 is 0 Å². The van der Waals surface area contributed by atoms with Crippen molar-refractivity contribution < 1.29 is 9.53 Å². The standard InChI is InChI=1S/C18H22ClN3O2/c1-22(2)17(13-7-9-16(24-3)10-8-13)12-20-18(23)21-15-6-4-5-14(19)11-15/h4-11,17H,12H2,1-3H3,(H2,20,21,23)/t17-/m1/s1. The Bertz CT molecular complexity index is 674. The lowest BCUT2D eigenvalue weighted by Gasteiger charge is -2.25. The zero-order chi connectivity index (χ0) is 17.5. The maximum absolute atomic E-state index is 12.1. The van der Waals surface area contributed by atoms with Crippen molar-refractivity contribution in [1.82, 2.24) is 10.2 Å². The van der Waals surface area contributed by atoms with Gasteiger partial charge in [-0.2, -0.15) is 0 Å². The number of likely N-dealkylation sites (N-methyl/N-ethyl adjacent to an activating group) is 1. The number of hydrogen-bond donors (Lipinski definition) is 2. The van der Waals surface area contributed by atoms with Gasteiger partial charge < -0.3 is 20.3 Å². The van der Waals surface area contributed by atoms with Crippen molar-refractivity contribution in [2.45, 2.75) is 6.04 Å². The van der Waals surface area contributed by atoms with E-state index in [4.69, 9.17) is 16.3 Å². The number of amides is 2. The van der Waals surface area contributed by atoms with Crippen LogP contribution in [0.3, 0.4) is 0 Å². The highest BCUT2D eigenvalue weighted by Crippen LogP contribution is 2.21. The Hall–Kier alpha value is -2.24. The molecule has 0 aromatic heterocycles. The van der Waals surface area contributed by atoms with E-state index in [1.165, 1.54) is 0 Å². The Labute approximate surface area is 147 Å². The van der Waals surface area contributed by atoms with Crippen LogP contribution in [0.1, 0.15) is 11.6 Å². The van der Waals surface area contributed by atoms with E-state index in [1.54, 1.807) is 31.4 Å². The predicted octanol–water partition coefficient (Wildman–Crippen LogP) is 3.77. The summed E-state index contributed by atoms with van der Waals surface area (Å²) < 4.78 is 5.18. The number of benzene rings is 2. The van der Waals surface area contributed by atoms with Gasteiger partial charge in [-0.15, -0.1) is 0 Å². The van der Waals surface area contributed by atoms with Crippen molar-refractivity contribution >= 4 is 23.3 Å². The summed E-state index contributed by atoms with van der Waals surface area (Å²) in [6, 6.07) is 14.7. The number of carbonyl (C=O) groups is 1. The molecule has 0 fully saturated rings. The Balaban J connectivity index is 1.96. The average Bonchev–Trinajstić information content (AvgIpc) is 2.55. The van der Waals surface area contributed by atoms with Crippen LogP contribution in [0.2, 0.25) is 5.02 Å². The number of urea groups is 1. The van der Waals surface area contributed by atoms with Crippen molar-refractivity contribution in [2.75, 3.05) is 33.1 Å². The SMILES string of the molecule is COc1ccc([C@@H](CNC(=O)Nc2cccc(Cl)c2)N(C)C)cc1. The molecule has 0 saturated carbocycles. The number of carbonyl (C=O) groups excluding carboxylic acids is 1. The van der Waals surface area contributed by atoms with Crippen LogP contribution in [0.4, 0.5) is 10.5 Å². The largest absolute Gasteiger partial charge is 0.497 e. The molecule has 6 heteroatoms. The lowest BCUT2D eigenvalue weighted by Crippen LogP contribution is -2.36. The second-order valence-electron chi connectivity index (χ2n) is 5.60. The highest BCUT2D eigenvalue weighted by molar-refractivity contribution is 6.30. The first-order chi connectivity index (χ1) is 11.5. The van der Waals surface area contributed by atoms with Crippen LogP contribution in [0, 0.1) is 0 Å². The summed E-state index contributed by atoms with van der Waals surface area (Å²) in [6.07, 6.45) is 0. The molecule has 0 aliphatic rings. The minimum absolute atomic E-state index is 0.0565. The van der Waals surface area contributed by atoms with E-state index in [0.29, 0.717) is 17.3 Å². The van der Waals surface area contributed by atoms with Gasteiger partial charge in [-0.1, -0.05) is 29.8 Å². The molecule has 0 aliphatic carbocycles. The molecule has 2 aromatic rings. The topological polar surface area (TPSA) is 53.6 Å². The van der Waals surface area contributed by atoms with Crippen LogP contribution in [0.25, 0.3) is 0 Å². The third-order valence-corrected chi connectivity index (χ3v) is 3.90. The lowest BCUT2D eigenvalue weighted by atomic mass is 10.1. The van der Waals surface area contributed by atoms with Crippen LogP contribution in [-0.4, -0.2) is 38.7 Å². The zero-order valence-electron chi connectivity index (χ0n) is 14.0. The summed E-state index contributed by atoms with van der Waals surface area (Å²) >= 11 is 5.91. The highest BCUT2D eigenvalue weighted by atomic mass is 35.5. The normalized spacial score (nSPS) is 11.9. The molecule has 2 aromatic carbocycles. The fourth-order valence-electron chi connectivity index (χ4n) is 2.36. The molecule has 2 amide bonds. The quantitative estimate of drug-likeness (QED) is 0.836. The first-order valence-electron chi connectivity index (χ1n) is 7.60. The molecule has 0 aliphatic heterocycles. The fourth-order valence-corrected chi connectivity index (χ4v) is 2.55. The number of anilines is 1. The van der Waals surface area contributed by atoms with E-state index in [0.717, 1.165) is 11.3 Å². The number of nitrogens with zero attached hydrogens (tertiary/aromatic N) is 1. The van der Waals surface area contributed by atoms with Crippen molar-refractivity contribution in [3.05, 3.63) is 59.1 Å². The minimum Gasteiger partial charge on any atom is -0.497 e. The van der Waals surface area contributed by atoms with Gasteiger partial charge in [0.2, 0.25) is 0 Å². The van der Waals surface area contributed by atoms with Gasteiger partial charge >= 0.3 is 6.03 Å². The monoisotopic (exact) mass is 347 g/mol. The van der Waals surface area contributed by atoms with Crippen molar-refractivity contribution in [3.63, 3.8) is 0 Å².